The van der Waals surface area contributed by atoms with Crippen molar-refractivity contribution < 1.29 is 14.3 Å². The fourth-order valence-electron chi connectivity index (χ4n) is 1.42. The normalized spacial score (nSPS) is 11.6. The number of ether oxygens (including phenoxy) is 1. The first-order valence-corrected chi connectivity index (χ1v) is 5.98. The topological polar surface area (TPSA) is 96.5 Å². The molecule has 0 saturated carbocycles. The van der Waals surface area contributed by atoms with Crippen LogP contribution in [0, 0.1) is 12.7 Å². The lowest BCUT2D eigenvalue weighted by atomic mass is 10.2. The van der Waals surface area contributed by atoms with Gasteiger partial charge in [-0.1, -0.05) is 5.16 Å². The number of aryl methyl sites for hydroxylation is 1. The minimum Gasteiger partial charge on any atom is -0.434 e. The zero-order valence-electron chi connectivity index (χ0n) is 9.82. The molecule has 0 aliphatic carbocycles. The average Bonchev–Trinajstić information content (AvgIpc) is 2.80. The van der Waals surface area contributed by atoms with Crippen molar-refractivity contribution in [2.75, 3.05) is 0 Å². The molecule has 0 bridgehead atoms. The van der Waals surface area contributed by atoms with Crippen LogP contribution in [0.2, 0.25) is 0 Å². The lowest BCUT2D eigenvalue weighted by Crippen LogP contribution is -2.14. The second kappa shape index (κ2) is 5.27. The van der Waals surface area contributed by atoms with Crippen LogP contribution in [-0.2, 0) is 0 Å². The summed E-state index contributed by atoms with van der Waals surface area (Å²) in [6, 6.07) is 4.47. The van der Waals surface area contributed by atoms with E-state index in [1.165, 1.54) is 12.1 Å². The van der Waals surface area contributed by atoms with Gasteiger partial charge in [-0.25, -0.2) is 4.39 Å². The number of benzene rings is 1. The number of halogens is 2. The lowest BCUT2D eigenvalue weighted by Gasteiger charge is -2.08. The van der Waals surface area contributed by atoms with Crippen LogP contribution in [0.4, 0.5) is 4.39 Å². The molecule has 0 fully saturated rings. The molecule has 0 unspecified atom stereocenters. The summed E-state index contributed by atoms with van der Waals surface area (Å²) in [6.45, 7) is 1.80. The van der Waals surface area contributed by atoms with Crippen LogP contribution in [0.5, 0.6) is 11.6 Å². The molecule has 0 aliphatic heterocycles. The molecular formula is C11H10BrFN4O2. The molecule has 0 aliphatic rings. The Labute approximate surface area is 116 Å². The van der Waals surface area contributed by atoms with E-state index in [0.717, 1.165) is 5.69 Å². The Morgan fingerprint density at radius 2 is 2.32 bits per heavy atom. The van der Waals surface area contributed by atoms with Crippen molar-refractivity contribution in [3.63, 3.8) is 0 Å². The first-order chi connectivity index (χ1) is 9.02. The first-order valence-electron chi connectivity index (χ1n) is 5.18. The molecule has 0 atom stereocenters. The van der Waals surface area contributed by atoms with Gasteiger partial charge in [-0.3, -0.25) is 5.10 Å². The van der Waals surface area contributed by atoms with E-state index in [0.29, 0.717) is 0 Å². The Bertz CT molecular complexity index is 642. The second-order valence-electron chi connectivity index (χ2n) is 3.72. The lowest BCUT2D eigenvalue weighted by molar-refractivity contribution is 0.318. The van der Waals surface area contributed by atoms with Gasteiger partial charge < -0.3 is 15.7 Å². The van der Waals surface area contributed by atoms with Gasteiger partial charge in [-0.05, 0) is 35.0 Å². The van der Waals surface area contributed by atoms with Gasteiger partial charge in [-0.2, -0.15) is 0 Å². The van der Waals surface area contributed by atoms with E-state index in [1.54, 1.807) is 13.0 Å². The smallest absolute Gasteiger partial charge is 0.238 e. The second-order valence-corrected chi connectivity index (χ2v) is 4.51. The number of H-pyrrole nitrogens is 1. The summed E-state index contributed by atoms with van der Waals surface area (Å²) < 4.78 is 19.4. The molecule has 2 rings (SSSR count). The van der Waals surface area contributed by atoms with Gasteiger partial charge in [0, 0.05) is 17.3 Å². The number of hydrogen-bond donors (Lipinski definition) is 3. The molecule has 1 aromatic heterocycles. The van der Waals surface area contributed by atoms with Crippen LogP contribution in [-0.4, -0.2) is 21.2 Å². The number of amidine groups is 1. The van der Waals surface area contributed by atoms with Gasteiger partial charge >= 0.3 is 0 Å². The molecule has 0 saturated heterocycles. The summed E-state index contributed by atoms with van der Waals surface area (Å²) in [6.07, 6.45) is 0. The van der Waals surface area contributed by atoms with Gasteiger partial charge in [0.25, 0.3) is 0 Å². The van der Waals surface area contributed by atoms with E-state index in [2.05, 4.69) is 31.3 Å². The average molecular weight is 329 g/mol. The molecule has 2 aromatic rings. The van der Waals surface area contributed by atoms with E-state index in [1.807, 2.05) is 0 Å². The highest BCUT2D eigenvalue weighted by atomic mass is 79.9. The maximum atomic E-state index is 14.0. The largest absolute Gasteiger partial charge is 0.434 e. The zero-order valence-corrected chi connectivity index (χ0v) is 11.4. The fraction of sp³-hybridized carbons (Fsp3) is 0.0909. The number of nitrogens with zero attached hydrogens (tertiary/aromatic N) is 2. The Morgan fingerprint density at radius 1 is 1.58 bits per heavy atom. The maximum absolute atomic E-state index is 14.0. The molecule has 8 heteroatoms. The third-order valence-corrected chi connectivity index (χ3v) is 3.10. The predicted octanol–water partition coefficient (Wildman–Crippen LogP) is 2.51. The summed E-state index contributed by atoms with van der Waals surface area (Å²) in [5.74, 6) is -0.634. The number of nitrogens with two attached hydrogens (primary N) is 1. The van der Waals surface area contributed by atoms with E-state index >= 15 is 0 Å². The van der Waals surface area contributed by atoms with Crippen molar-refractivity contribution in [1.29, 1.82) is 0 Å². The summed E-state index contributed by atoms with van der Waals surface area (Å²) in [7, 11) is 0. The van der Waals surface area contributed by atoms with Crippen molar-refractivity contribution >= 4 is 21.8 Å². The van der Waals surface area contributed by atoms with Crippen LogP contribution in [0.3, 0.4) is 0 Å². The van der Waals surface area contributed by atoms with E-state index in [9.17, 15) is 4.39 Å². The molecule has 19 heavy (non-hydrogen) atoms. The molecule has 0 amide bonds. The van der Waals surface area contributed by atoms with Gasteiger partial charge in [0.05, 0.1) is 4.47 Å². The molecule has 1 heterocycles. The van der Waals surface area contributed by atoms with Crippen LogP contribution in [0.1, 0.15) is 11.3 Å². The van der Waals surface area contributed by atoms with Crippen LogP contribution in [0.15, 0.2) is 27.8 Å². The Kier molecular flexibility index (Phi) is 3.70. The van der Waals surface area contributed by atoms with Gasteiger partial charge in [0.1, 0.15) is 0 Å². The molecule has 1 aromatic carbocycles. The van der Waals surface area contributed by atoms with Crippen molar-refractivity contribution in [2.24, 2.45) is 10.9 Å². The summed E-state index contributed by atoms with van der Waals surface area (Å²) in [5, 5.41) is 17.9. The van der Waals surface area contributed by atoms with Crippen LogP contribution in [0.25, 0.3) is 0 Å². The minimum atomic E-state index is -0.662. The number of aromatic amines is 1. The highest BCUT2D eigenvalue weighted by Gasteiger charge is 2.16. The molecule has 0 spiro atoms. The molecule has 0 radical (unpaired) electrons. The van der Waals surface area contributed by atoms with Crippen molar-refractivity contribution in [2.45, 2.75) is 6.92 Å². The number of hydrogen-bond acceptors (Lipinski definition) is 4. The van der Waals surface area contributed by atoms with Crippen LogP contribution >= 0.6 is 15.9 Å². The van der Waals surface area contributed by atoms with E-state index in [4.69, 9.17) is 15.7 Å². The van der Waals surface area contributed by atoms with E-state index in [-0.39, 0.29) is 27.5 Å². The Morgan fingerprint density at radius 3 is 2.89 bits per heavy atom. The van der Waals surface area contributed by atoms with Gasteiger partial charge in [0.2, 0.25) is 5.88 Å². The monoisotopic (exact) mass is 328 g/mol. The maximum Gasteiger partial charge on any atom is 0.238 e. The summed E-state index contributed by atoms with van der Waals surface area (Å²) in [5.41, 5.74) is 6.44. The zero-order chi connectivity index (χ0) is 14.0. The number of rotatable bonds is 3. The fourth-order valence-corrected chi connectivity index (χ4v) is 1.95. The molecule has 6 nitrogen and oxygen atoms in total. The van der Waals surface area contributed by atoms with Crippen molar-refractivity contribution in [1.82, 2.24) is 10.2 Å². The van der Waals surface area contributed by atoms with E-state index < -0.39 is 5.82 Å². The standard InChI is InChI=1S/C11H10BrFN4O2/c1-5-4-8(16-15-5)19-7-3-2-6(11(14)17-18)9(12)10(7)13/h2-4,18H,1H3,(H2,14,17)(H,15,16). The highest BCUT2D eigenvalue weighted by molar-refractivity contribution is 9.10. The van der Waals surface area contributed by atoms with Gasteiger partial charge in [0.15, 0.2) is 17.4 Å². The highest BCUT2D eigenvalue weighted by Crippen LogP contribution is 2.31. The van der Waals surface area contributed by atoms with Gasteiger partial charge in [-0.15, -0.1) is 5.10 Å². The number of nitrogens with one attached hydrogen (secondary N) is 1. The quantitative estimate of drug-likeness (QED) is 0.349. The van der Waals surface area contributed by atoms with Crippen molar-refractivity contribution in [3.05, 3.63) is 39.7 Å². The molecule has 100 valence electrons. The third kappa shape index (κ3) is 2.68. The van der Waals surface area contributed by atoms with Crippen LogP contribution < -0.4 is 10.5 Å². The minimum absolute atomic E-state index is 0.0205. The molecular weight excluding hydrogens is 319 g/mol. The number of aromatic nitrogens is 2. The SMILES string of the molecule is Cc1cc(Oc2ccc(/C(N)=N/O)c(Br)c2F)n[nH]1. The Hall–Kier alpha value is -2.09. The predicted molar refractivity (Wildman–Crippen MR) is 70.0 cm³/mol. The number of oxime groups is 1. The van der Waals surface area contributed by atoms with Crippen molar-refractivity contribution in [3.8, 4) is 11.6 Å². The summed E-state index contributed by atoms with van der Waals surface area (Å²) >= 11 is 3.04. The summed E-state index contributed by atoms with van der Waals surface area (Å²) in [4.78, 5) is 0. The Balaban J connectivity index is 2.36. The third-order valence-electron chi connectivity index (χ3n) is 2.33. The molecule has 4 N–H and O–H groups in total. The first kappa shape index (κ1) is 13.3.